The number of fused-ring (bicyclic) bond motifs is 2. The van der Waals surface area contributed by atoms with Gasteiger partial charge in [0.2, 0.25) is 0 Å². The topological polar surface area (TPSA) is 115 Å². The molecule has 0 unspecified atom stereocenters. The number of hydrogen-bond acceptors (Lipinski definition) is 8. The molecule has 10 heteroatoms. The molecule has 2 amide bonds. The Kier molecular flexibility index (Phi) is 8.11. The van der Waals surface area contributed by atoms with Gasteiger partial charge in [-0.15, -0.1) is 0 Å². The molecule has 2 aliphatic rings. The van der Waals surface area contributed by atoms with E-state index >= 15 is 0 Å². The molecular formula is C28H34N2O8. The number of carbonyl (C=O) groups excluding carboxylic acids is 3. The van der Waals surface area contributed by atoms with Crippen LogP contribution in [0.15, 0.2) is 42.5 Å². The number of hydrogen-bond donors (Lipinski definition) is 1. The Balaban J connectivity index is 1.57. The summed E-state index contributed by atoms with van der Waals surface area (Å²) in [5.74, 6) is -0.296. The summed E-state index contributed by atoms with van der Waals surface area (Å²) in [6, 6.07) is 11.7. The number of nitrogens with zero attached hydrogens (tertiary/aromatic N) is 2. The minimum absolute atomic E-state index is 0.0273. The van der Waals surface area contributed by atoms with Crippen LogP contribution in [0.5, 0.6) is 11.5 Å². The van der Waals surface area contributed by atoms with E-state index in [1.807, 2.05) is 30.3 Å². The van der Waals surface area contributed by atoms with Gasteiger partial charge in [0.1, 0.15) is 12.2 Å². The Morgan fingerprint density at radius 3 is 2.53 bits per heavy atom. The van der Waals surface area contributed by atoms with E-state index in [1.165, 1.54) is 19.2 Å². The first-order valence-corrected chi connectivity index (χ1v) is 12.6. The van der Waals surface area contributed by atoms with Gasteiger partial charge in [-0.3, -0.25) is 9.59 Å². The van der Waals surface area contributed by atoms with Crippen molar-refractivity contribution in [3.05, 3.63) is 53.6 Å². The Morgan fingerprint density at radius 1 is 1.11 bits per heavy atom. The van der Waals surface area contributed by atoms with Crippen LogP contribution < -0.4 is 14.4 Å². The number of methoxy groups -OCH3 is 1. The molecule has 0 radical (unpaired) electrons. The van der Waals surface area contributed by atoms with Crippen LogP contribution in [-0.4, -0.2) is 66.1 Å². The lowest BCUT2D eigenvalue weighted by atomic mass is 10.1. The number of benzene rings is 2. The number of anilines is 1. The fraction of sp³-hybridized carbons (Fsp3) is 0.464. The van der Waals surface area contributed by atoms with Crippen molar-refractivity contribution in [2.75, 3.05) is 25.2 Å². The smallest absolute Gasteiger partial charge is 0.417 e. The third-order valence-electron chi connectivity index (χ3n) is 6.34. The number of amides is 2. The van der Waals surface area contributed by atoms with Crippen LogP contribution in [0.3, 0.4) is 0 Å². The summed E-state index contributed by atoms with van der Waals surface area (Å²) < 4.78 is 22.2. The van der Waals surface area contributed by atoms with E-state index < -0.39 is 29.9 Å². The highest BCUT2D eigenvalue weighted by Crippen LogP contribution is 2.41. The molecule has 2 aromatic carbocycles. The van der Waals surface area contributed by atoms with Gasteiger partial charge in [-0.05, 0) is 45.2 Å². The highest BCUT2D eigenvalue weighted by atomic mass is 16.6. The number of aliphatic hydroxyl groups is 1. The van der Waals surface area contributed by atoms with Crippen LogP contribution in [-0.2, 0) is 20.9 Å². The monoisotopic (exact) mass is 526 g/mol. The molecule has 38 heavy (non-hydrogen) atoms. The first kappa shape index (κ1) is 27.3. The van der Waals surface area contributed by atoms with E-state index in [0.29, 0.717) is 19.4 Å². The highest BCUT2D eigenvalue weighted by molar-refractivity contribution is 6.06. The van der Waals surface area contributed by atoms with Crippen molar-refractivity contribution in [3.8, 4) is 11.5 Å². The van der Waals surface area contributed by atoms with Gasteiger partial charge < -0.3 is 29.0 Å². The molecule has 204 valence electrons. The molecule has 0 spiro atoms. The SMILES string of the molecule is COc1cc2c(cc1OCCC(=O)OCc1ccccc1)N(C(=O)OC(C)(C)C)[C@@H](O)[C@@H]1CCCN1C2=O. The normalized spacial score (nSPS) is 18.8. The van der Waals surface area contributed by atoms with E-state index in [-0.39, 0.29) is 48.3 Å². The molecule has 4 rings (SSSR count). The van der Waals surface area contributed by atoms with Gasteiger partial charge in [0.15, 0.2) is 17.7 Å². The van der Waals surface area contributed by atoms with Crippen LogP contribution in [0.25, 0.3) is 0 Å². The van der Waals surface area contributed by atoms with Crippen LogP contribution in [0.1, 0.15) is 56.0 Å². The standard InChI is InChI=1S/C28H34N2O8/c1-28(2,3)38-27(34)30-21-16-23(36-14-12-24(31)37-17-18-9-6-5-7-10-18)22(35-4)15-19(21)25(32)29-13-8-11-20(29)26(30)33/h5-7,9-10,15-16,20,26,33H,8,11-14,17H2,1-4H3/t20-,26-/m0/s1. The first-order valence-electron chi connectivity index (χ1n) is 12.6. The van der Waals surface area contributed by atoms with Crippen LogP contribution in [0.4, 0.5) is 10.5 Å². The maximum absolute atomic E-state index is 13.5. The fourth-order valence-electron chi connectivity index (χ4n) is 4.59. The lowest BCUT2D eigenvalue weighted by molar-refractivity contribution is -0.145. The number of ether oxygens (including phenoxy) is 4. The summed E-state index contributed by atoms with van der Waals surface area (Å²) in [7, 11) is 1.43. The largest absolute Gasteiger partial charge is 0.493 e. The third-order valence-corrected chi connectivity index (χ3v) is 6.34. The second-order valence-corrected chi connectivity index (χ2v) is 10.2. The number of aliphatic hydroxyl groups excluding tert-OH is 1. The number of rotatable bonds is 7. The lowest BCUT2D eigenvalue weighted by Gasteiger charge is -2.33. The van der Waals surface area contributed by atoms with Crippen molar-refractivity contribution in [1.29, 1.82) is 0 Å². The molecule has 1 fully saturated rings. The van der Waals surface area contributed by atoms with Crippen LogP contribution in [0, 0.1) is 0 Å². The minimum atomic E-state index is -1.31. The molecule has 1 N–H and O–H groups in total. The summed E-state index contributed by atoms with van der Waals surface area (Å²) in [5, 5.41) is 11.3. The van der Waals surface area contributed by atoms with Gasteiger partial charge in [0.05, 0.1) is 37.4 Å². The van der Waals surface area contributed by atoms with E-state index in [0.717, 1.165) is 10.5 Å². The van der Waals surface area contributed by atoms with Crippen molar-refractivity contribution in [2.45, 2.75) is 64.5 Å². The maximum atomic E-state index is 13.5. The number of carbonyl (C=O) groups is 3. The summed E-state index contributed by atoms with van der Waals surface area (Å²) in [6.07, 6.45) is -0.865. The van der Waals surface area contributed by atoms with Gasteiger partial charge in [0, 0.05) is 12.6 Å². The molecule has 2 aliphatic heterocycles. The van der Waals surface area contributed by atoms with E-state index in [1.54, 1.807) is 25.7 Å². The van der Waals surface area contributed by atoms with Crippen molar-refractivity contribution >= 4 is 23.7 Å². The molecule has 2 aromatic rings. The molecule has 2 atom stereocenters. The summed E-state index contributed by atoms with van der Waals surface area (Å²) in [6.45, 7) is 5.77. The van der Waals surface area contributed by atoms with Gasteiger partial charge in [0.25, 0.3) is 5.91 Å². The van der Waals surface area contributed by atoms with Crippen LogP contribution in [0.2, 0.25) is 0 Å². The van der Waals surface area contributed by atoms with Crippen molar-refractivity contribution in [2.24, 2.45) is 0 Å². The van der Waals surface area contributed by atoms with E-state index in [2.05, 4.69) is 0 Å². The van der Waals surface area contributed by atoms with Crippen molar-refractivity contribution < 1.29 is 38.4 Å². The molecule has 10 nitrogen and oxygen atoms in total. The molecular weight excluding hydrogens is 492 g/mol. The summed E-state index contributed by atoms with van der Waals surface area (Å²) in [5.41, 5.74) is 0.383. The average Bonchev–Trinajstić information content (AvgIpc) is 3.34. The Bertz CT molecular complexity index is 1180. The van der Waals surface area contributed by atoms with E-state index in [4.69, 9.17) is 18.9 Å². The molecule has 0 saturated carbocycles. The van der Waals surface area contributed by atoms with Gasteiger partial charge in [-0.1, -0.05) is 30.3 Å². The van der Waals surface area contributed by atoms with Crippen LogP contribution >= 0.6 is 0 Å². The maximum Gasteiger partial charge on any atom is 0.417 e. The van der Waals surface area contributed by atoms with Crippen molar-refractivity contribution in [1.82, 2.24) is 4.90 Å². The molecule has 0 aromatic heterocycles. The third kappa shape index (κ3) is 6.02. The molecule has 2 heterocycles. The first-order chi connectivity index (χ1) is 18.1. The highest BCUT2D eigenvalue weighted by Gasteiger charge is 2.45. The lowest BCUT2D eigenvalue weighted by Crippen LogP contribution is -2.51. The average molecular weight is 527 g/mol. The Morgan fingerprint density at radius 2 is 1.84 bits per heavy atom. The summed E-state index contributed by atoms with van der Waals surface area (Å²) in [4.78, 5) is 41.7. The zero-order valence-corrected chi connectivity index (χ0v) is 22.1. The molecule has 1 saturated heterocycles. The number of esters is 1. The molecule has 0 bridgehead atoms. The second-order valence-electron chi connectivity index (χ2n) is 10.2. The van der Waals surface area contributed by atoms with Gasteiger partial charge in [-0.25, -0.2) is 9.69 Å². The molecule has 0 aliphatic carbocycles. The predicted octanol–water partition coefficient (Wildman–Crippen LogP) is 3.89. The quantitative estimate of drug-likeness (QED) is 0.541. The Labute approximate surface area is 222 Å². The van der Waals surface area contributed by atoms with Gasteiger partial charge in [-0.2, -0.15) is 0 Å². The van der Waals surface area contributed by atoms with E-state index in [9.17, 15) is 19.5 Å². The summed E-state index contributed by atoms with van der Waals surface area (Å²) >= 11 is 0. The van der Waals surface area contributed by atoms with Crippen molar-refractivity contribution in [3.63, 3.8) is 0 Å². The zero-order chi connectivity index (χ0) is 27.4. The predicted molar refractivity (Wildman–Crippen MR) is 138 cm³/mol. The minimum Gasteiger partial charge on any atom is -0.493 e. The fourth-order valence-corrected chi connectivity index (χ4v) is 4.59. The van der Waals surface area contributed by atoms with Gasteiger partial charge >= 0.3 is 12.1 Å². The Hall–Kier alpha value is -3.79. The zero-order valence-electron chi connectivity index (χ0n) is 22.1. The second kappa shape index (κ2) is 11.3.